The molecule has 2 aliphatic carbocycles. The lowest BCUT2D eigenvalue weighted by atomic mass is 9.91. The molecule has 6 heteroatoms. The molecule has 3 unspecified atom stereocenters. The van der Waals surface area contributed by atoms with Gasteiger partial charge in [-0.3, -0.25) is 0 Å². The number of benzene rings is 11. The molecule has 0 saturated heterocycles. The lowest BCUT2D eigenvalue weighted by molar-refractivity contribution is 0.561. The van der Waals surface area contributed by atoms with E-state index in [0.29, 0.717) is 0 Å². The van der Waals surface area contributed by atoms with Gasteiger partial charge in [-0.1, -0.05) is 182 Å². The second kappa shape index (κ2) is 17.4. The quantitative estimate of drug-likeness (QED) is 0.167. The molecule has 3 atom stereocenters. The minimum atomic E-state index is -0.00242. The van der Waals surface area contributed by atoms with Gasteiger partial charge < -0.3 is 27.4 Å². The average Bonchev–Trinajstić information content (AvgIpc) is 3.98. The molecule has 19 rings (SSSR count). The molecule has 11 aromatic carbocycles. The maximum atomic E-state index is 7.16. The van der Waals surface area contributed by atoms with Gasteiger partial charge in [0, 0.05) is 88.8 Å². The van der Waals surface area contributed by atoms with Gasteiger partial charge in [-0.25, -0.2) is 0 Å². The first kappa shape index (κ1) is 45.9. The molecule has 0 radical (unpaired) electrons. The van der Waals surface area contributed by atoms with Crippen LogP contribution in [0.1, 0.15) is 28.8 Å². The summed E-state index contributed by atoms with van der Waals surface area (Å²) in [7, 11) is 0. The zero-order chi connectivity index (χ0) is 54.7. The molecule has 0 amide bonds. The highest BCUT2D eigenvalue weighted by Crippen LogP contribution is 2.51. The number of hydrogen-bond acceptors (Lipinski definition) is 3. The molecule has 5 aromatic heterocycles. The highest BCUT2D eigenvalue weighted by atomic mass is 16.3. The molecule has 0 spiro atoms. The van der Waals surface area contributed by atoms with E-state index in [0.717, 1.165) is 106 Å². The maximum absolute atomic E-state index is 7.16. The van der Waals surface area contributed by atoms with Gasteiger partial charge in [-0.15, -0.1) is 0 Å². The third-order valence-electron chi connectivity index (χ3n) is 18.7. The molecular weight excluding hydrogens is 1020 g/mol. The van der Waals surface area contributed by atoms with E-state index in [1.54, 1.807) is 0 Å². The largest absolute Gasteiger partial charge is 0.454 e. The van der Waals surface area contributed by atoms with Crippen LogP contribution in [-0.4, -0.2) is 19.7 Å². The Labute approximate surface area is 482 Å². The smallest absolute Gasteiger partial charge is 0.159 e. The summed E-state index contributed by atoms with van der Waals surface area (Å²) in [4.78, 5) is 2.54. The predicted molar refractivity (Wildman–Crippen MR) is 347 cm³/mol. The van der Waals surface area contributed by atoms with Crippen molar-refractivity contribution in [3.63, 3.8) is 0 Å². The van der Waals surface area contributed by atoms with Gasteiger partial charge in [-0.05, 0) is 119 Å². The fourth-order valence-electron chi connectivity index (χ4n) is 15.1. The van der Waals surface area contributed by atoms with Crippen molar-refractivity contribution in [2.24, 2.45) is 0 Å². The molecule has 1 aliphatic heterocycles. The Morgan fingerprint density at radius 1 is 0.369 bits per heavy atom. The number of allylic oxidation sites excluding steroid dienone is 3. The van der Waals surface area contributed by atoms with Crippen LogP contribution in [0.5, 0.6) is 0 Å². The number of hydrogen-bond donors (Lipinski definition) is 0. The number of fused-ring (bicyclic) bond motifs is 18. The second-order valence-electron chi connectivity index (χ2n) is 23.0. The summed E-state index contributed by atoms with van der Waals surface area (Å²) < 4.78 is 21.7. The van der Waals surface area contributed by atoms with Crippen LogP contribution in [-0.2, 0) is 6.42 Å². The Hall–Kier alpha value is -10.8. The fraction of sp³-hybridized carbons (Fsp3) is 0.0513. The Bertz CT molecular complexity index is 5430. The monoisotopic (exact) mass is 1070 g/mol. The van der Waals surface area contributed by atoms with E-state index in [9.17, 15) is 0 Å². The molecule has 6 heterocycles. The van der Waals surface area contributed by atoms with Crippen molar-refractivity contribution < 1.29 is 8.83 Å². The van der Waals surface area contributed by atoms with Gasteiger partial charge in [0.05, 0.1) is 45.5 Å². The number of aromatic nitrogens is 3. The summed E-state index contributed by atoms with van der Waals surface area (Å²) in [5.41, 5.74) is 21.2. The van der Waals surface area contributed by atoms with Crippen LogP contribution in [0.15, 0.2) is 282 Å². The molecule has 3 aliphatic rings. The highest BCUT2D eigenvalue weighted by Gasteiger charge is 2.38. The fourth-order valence-corrected chi connectivity index (χ4v) is 15.1. The first-order valence-corrected chi connectivity index (χ1v) is 29.2. The number of anilines is 2. The first-order valence-electron chi connectivity index (χ1n) is 29.2. The topological polar surface area (TPSA) is 44.3 Å². The zero-order valence-corrected chi connectivity index (χ0v) is 45.5. The molecule has 0 N–H and O–H groups in total. The van der Waals surface area contributed by atoms with Gasteiger partial charge >= 0.3 is 0 Å². The number of nitrogens with zero attached hydrogens (tertiary/aromatic N) is 4. The van der Waals surface area contributed by atoms with Crippen LogP contribution >= 0.6 is 0 Å². The van der Waals surface area contributed by atoms with E-state index in [2.05, 4.69) is 292 Å². The summed E-state index contributed by atoms with van der Waals surface area (Å²) in [5, 5.41) is 10.7. The van der Waals surface area contributed by atoms with Gasteiger partial charge in [-0.2, -0.15) is 0 Å². The normalized spacial score (nSPS) is 16.6. The van der Waals surface area contributed by atoms with Crippen LogP contribution in [0.4, 0.5) is 11.4 Å². The number of para-hydroxylation sites is 7. The summed E-state index contributed by atoms with van der Waals surface area (Å²) in [6.45, 7) is 0. The molecule has 84 heavy (non-hydrogen) atoms. The van der Waals surface area contributed by atoms with Gasteiger partial charge in [0.2, 0.25) is 0 Å². The predicted octanol–water partition coefficient (Wildman–Crippen LogP) is 20.4. The van der Waals surface area contributed by atoms with Crippen molar-refractivity contribution in [1.29, 1.82) is 0 Å². The lowest BCUT2D eigenvalue weighted by Gasteiger charge is -2.29. The lowest BCUT2D eigenvalue weighted by Crippen LogP contribution is -2.28. The Balaban J connectivity index is 0.771. The van der Waals surface area contributed by atoms with Crippen molar-refractivity contribution in [1.82, 2.24) is 13.7 Å². The Morgan fingerprint density at radius 3 is 1.51 bits per heavy atom. The van der Waals surface area contributed by atoms with E-state index in [1.165, 1.54) is 60.2 Å². The molecule has 6 nitrogen and oxygen atoms in total. The second-order valence-corrected chi connectivity index (χ2v) is 23.0. The summed E-state index contributed by atoms with van der Waals surface area (Å²) in [6.07, 6.45) is 12.3. The SMILES string of the molecule is C1=CC2c3ccccc3N(c3cc(-n4c5ccccc5c5ccccc54)c4oc5ccc(-c6cccc(-c7ccc8oc9c(c8c7)CC(n7c8ccccc8c8ccccc87)C=C9n7c8ccccc8c8ccccc87)c6)cc5c4c3)C2C=C1. The molecule has 394 valence electrons. The van der Waals surface area contributed by atoms with Crippen molar-refractivity contribution in [2.45, 2.75) is 24.4 Å². The minimum absolute atomic E-state index is 0.00242. The summed E-state index contributed by atoms with van der Waals surface area (Å²) in [5.74, 6) is 1.17. The molecule has 0 bridgehead atoms. The van der Waals surface area contributed by atoms with E-state index in [4.69, 9.17) is 8.83 Å². The van der Waals surface area contributed by atoms with E-state index >= 15 is 0 Å². The molecule has 0 fully saturated rings. The van der Waals surface area contributed by atoms with E-state index in [-0.39, 0.29) is 18.0 Å². The number of rotatable bonds is 6. The minimum Gasteiger partial charge on any atom is -0.454 e. The zero-order valence-electron chi connectivity index (χ0n) is 45.5. The van der Waals surface area contributed by atoms with Crippen LogP contribution in [0.25, 0.3) is 132 Å². The van der Waals surface area contributed by atoms with Gasteiger partial charge in [0.15, 0.2) is 11.3 Å². The average molecular weight is 1080 g/mol. The van der Waals surface area contributed by atoms with Gasteiger partial charge in [0.1, 0.15) is 11.2 Å². The van der Waals surface area contributed by atoms with Crippen molar-refractivity contribution >= 4 is 115 Å². The number of furan rings is 2. The van der Waals surface area contributed by atoms with Crippen LogP contribution in [0, 0.1) is 0 Å². The molecule has 16 aromatic rings. The highest BCUT2D eigenvalue weighted by molar-refractivity contribution is 6.15. The Kier molecular flexibility index (Phi) is 9.47. The van der Waals surface area contributed by atoms with E-state index in [1.807, 2.05) is 0 Å². The standard InChI is InChI=1S/C78H50N4O2/c1-9-28-65-53(20-1)54-21-2-10-29-66(54)79(65)51-43-63-61-41-49(36-38-75(61)83-77(63)73(45-51)81-69-32-13-5-24-57(69)58-25-6-14-33-70(58)81)47-18-17-19-48(40-47)50-37-39-76-62(42-50)64-44-52(80-67-30-11-3-22-55(67)56-23-4-12-31-68(56)80)46-74(78(64)84-76)82-71-34-15-7-26-59(71)60-27-8-16-35-72(60)82/h1-43,45-46,52-53,65H,44H2. The Morgan fingerprint density at radius 2 is 0.881 bits per heavy atom. The van der Waals surface area contributed by atoms with Crippen molar-refractivity contribution in [3.8, 4) is 27.9 Å². The molecule has 0 saturated carbocycles. The third-order valence-corrected chi connectivity index (χ3v) is 18.7. The van der Waals surface area contributed by atoms with Crippen molar-refractivity contribution in [2.75, 3.05) is 4.90 Å². The van der Waals surface area contributed by atoms with Crippen LogP contribution in [0.2, 0.25) is 0 Å². The summed E-state index contributed by atoms with van der Waals surface area (Å²) in [6, 6.07) is 89.1. The van der Waals surface area contributed by atoms with Gasteiger partial charge in [0.25, 0.3) is 0 Å². The third kappa shape index (κ3) is 6.45. The first-order chi connectivity index (χ1) is 41.7. The molecular formula is C78H50N4O2. The maximum Gasteiger partial charge on any atom is 0.159 e. The van der Waals surface area contributed by atoms with E-state index < -0.39 is 0 Å². The van der Waals surface area contributed by atoms with Crippen molar-refractivity contribution in [3.05, 3.63) is 290 Å². The van der Waals surface area contributed by atoms with Crippen LogP contribution < -0.4 is 4.90 Å². The summed E-state index contributed by atoms with van der Waals surface area (Å²) >= 11 is 0. The van der Waals surface area contributed by atoms with Crippen LogP contribution in [0.3, 0.4) is 0 Å².